The minimum absolute atomic E-state index is 0.340. The molecule has 4 heteroatoms. The highest BCUT2D eigenvalue weighted by Gasteiger charge is 2.10. The molecule has 0 radical (unpaired) electrons. The molecule has 0 atom stereocenters. The van der Waals surface area contributed by atoms with Crippen LogP contribution in [-0.4, -0.2) is 5.12 Å². The van der Waals surface area contributed by atoms with Crippen molar-refractivity contribution in [1.82, 2.24) is 0 Å². The largest absolute Gasteiger partial charge is 0.455 e. The molecule has 0 heterocycles. The number of thiol groups is 1. The smallest absolute Gasteiger partial charge is 0.220 e. The number of hydrogen-bond donors (Lipinski definition) is 1. The average Bonchev–Trinajstić information content (AvgIpc) is 2.32. The zero-order chi connectivity index (χ0) is 12.3. The first-order chi connectivity index (χ1) is 8.18. The first-order valence-corrected chi connectivity index (χ1v) is 5.75. The Labute approximate surface area is 110 Å². The van der Waals surface area contributed by atoms with E-state index in [1.165, 1.54) is 0 Å². The molecular formula is C13H9ClO2S. The number of carbonyl (C=O) groups excluding carboxylic acids is 1. The van der Waals surface area contributed by atoms with E-state index in [-0.39, 0.29) is 5.12 Å². The molecule has 0 spiro atoms. The number of rotatable bonds is 3. The zero-order valence-electron chi connectivity index (χ0n) is 8.76. The fourth-order valence-corrected chi connectivity index (χ4v) is 1.74. The second kappa shape index (κ2) is 5.25. The molecule has 17 heavy (non-hydrogen) atoms. The fourth-order valence-electron chi connectivity index (χ4n) is 1.38. The van der Waals surface area contributed by atoms with E-state index in [1.807, 2.05) is 12.1 Å². The third-order valence-corrected chi connectivity index (χ3v) is 2.73. The minimum Gasteiger partial charge on any atom is -0.455 e. The van der Waals surface area contributed by atoms with Gasteiger partial charge in [-0.25, -0.2) is 0 Å². The van der Waals surface area contributed by atoms with Gasteiger partial charge in [-0.1, -0.05) is 35.9 Å². The number of hydrogen-bond acceptors (Lipinski definition) is 2. The molecule has 0 aliphatic carbocycles. The quantitative estimate of drug-likeness (QED) is 0.841. The van der Waals surface area contributed by atoms with Gasteiger partial charge in [0.1, 0.15) is 11.5 Å². The lowest BCUT2D eigenvalue weighted by atomic mass is 10.2. The molecule has 0 amide bonds. The normalized spacial score (nSPS) is 10.0. The van der Waals surface area contributed by atoms with E-state index >= 15 is 0 Å². The van der Waals surface area contributed by atoms with Crippen LogP contribution >= 0.6 is 24.2 Å². The van der Waals surface area contributed by atoms with Gasteiger partial charge in [0, 0.05) is 0 Å². The van der Waals surface area contributed by atoms with E-state index < -0.39 is 0 Å². The number of carbonyl (C=O) groups is 1. The first-order valence-electron chi connectivity index (χ1n) is 4.93. The highest BCUT2D eigenvalue weighted by atomic mass is 35.5. The van der Waals surface area contributed by atoms with Gasteiger partial charge in [-0.2, -0.15) is 0 Å². The van der Waals surface area contributed by atoms with Crippen molar-refractivity contribution in [3.05, 3.63) is 59.1 Å². The second-order valence-electron chi connectivity index (χ2n) is 3.33. The Morgan fingerprint density at radius 2 is 1.59 bits per heavy atom. The van der Waals surface area contributed by atoms with Gasteiger partial charge in [0.05, 0.1) is 10.6 Å². The fraction of sp³-hybridized carbons (Fsp3) is 0. The van der Waals surface area contributed by atoms with Crippen molar-refractivity contribution >= 4 is 29.3 Å². The number of ether oxygens (including phenoxy) is 1. The van der Waals surface area contributed by atoms with Crippen LogP contribution in [0.3, 0.4) is 0 Å². The van der Waals surface area contributed by atoms with Crippen LogP contribution in [0.15, 0.2) is 48.5 Å². The topological polar surface area (TPSA) is 26.3 Å². The van der Waals surface area contributed by atoms with E-state index in [9.17, 15) is 4.79 Å². The van der Waals surface area contributed by atoms with Gasteiger partial charge in [0.2, 0.25) is 5.12 Å². The second-order valence-corrected chi connectivity index (χ2v) is 4.15. The summed E-state index contributed by atoms with van der Waals surface area (Å²) < 4.78 is 5.60. The molecule has 2 nitrogen and oxygen atoms in total. The van der Waals surface area contributed by atoms with Crippen LogP contribution in [0.4, 0.5) is 0 Å². The lowest BCUT2D eigenvalue weighted by Gasteiger charge is -2.09. The Hall–Kier alpha value is -1.45. The Morgan fingerprint density at radius 3 is 2.24 bits per heavy atom. The van der Waals surface area contributed by atoms with Crippen LogP contribution in [-0.2, 0) is 0 Å². The summed E-state index contributed by atoms with van der Waals surface area (Å²) in [4.78, 5) is 11.3. The first kappa shape index (κ1) is 12.0. The van der Waals surface area contributed by atoms with Crippen molar-refractivity contribution in [2.75, 3.05) is 0 Å². The molecule has 0 saturated heterocycles. The maximum Gasteiger partial charge on any atom is 0.220 e. The number of halogens is 1. The molecule has 0 unspecified atom stereocenters. The summed E-state index contributed by atoms with van der Waals surface area (Å²) in [7, 11) is 0. The predicted molar refractivity (Wildman–Crippen MR) is 71.3 cm³/mol. The lowest BCUT2D eigenvalue weighted by molar-refractivity contribution is 0.108. The summed E-state index contributed by atoms with van der Waals surface area (Å²) in [5.41, 5.74) is 0.413. The highest BCUT2D eigenvalue weighted by molar-refractivity contribution is 7.97. The van der Waals surface area contributed by atoms with Crippen LogP contribution in [0.2, 0.25) is 5.02 Å². The Balaban J connectivity index is 2.37. The molecule has 0 fully saturated rings. The van der Waals surface area contributed by atoms with Crippen LogP contribution in [0.5, 0.6) is 11.5 Å². The zero-order valence-corrected chi connectivity index (χ0v) is 10.4. The van der Waals surface area contributed by atoms with Gasteiger partial charge in [0.15, 0.2) is 0 Å². The summed E-state index contributed by atoms with van der Waals surface area (Å²) in [6.07, 6.45) is 0. The van der Waals surface area contributed by atoms with Crippen molar-refractivity contribution in [3.8, 4) is 11.5 Å². The summed E-state index contributed by atoms with van der Waals surface area (Å²) in [5, 5.41) is 0.154. The molecule has 86 valence electrons. The van der Waals surface area contributed by atoms with Gasteiger partial charge in [-0.3, -0.25) is 4.79 Å². The van der Waals surface area contributed by atoms with Gasteiger partial charge >= 0.3 is 0 Å². The predicted octanol–water partition coefficient (Wildman–Crippen LogP) is 4.20. The minimum atomic E-state index is -0.340. The van der Waals surface area contributed by atoms with Crippen LogP contribution < -0.4 is 4.74 Å². The molecular weight excluding hydrogens is 256 g/mol. The molecule has 0 aromatic heterocycles. The molecule has 2 aromatic carbocycles. The SMILES string of the molecule is O=C(S)c1ccccc1Oc1ccccc1Cl. The molecule has 0 aliphatic heterocycles. The molecule has 2 aromatic rings. The summed E-state index contributed by atoms with van der Waals surface area (Å²) in [6, 6.07) is 14.0. The van der Waals surface area contributed by atoms with Crippen molar-refractivity contribution in [2.24, 2.45) is 0 Å². The molecule has 0 saturated carbocycles. The monoisotopic (exact) mass is 264 g/mol. The van der Waals surface area contributed by atoms with Crippen LogP contribution in [0.25, 0.3) is 0 Å². The highest BCUT2D eigenvalue weighted by Crippen LogP contribution is 2.31. The average molecular weight is 265 g/mol. The van der Waals surface area contributed by atoms with E-state index in [4.69, 9.17) is 16.3 Å². The van der Waals surface area contributed by atoms with Crippen LogP contribution in [0.1, 0.15) is 10.4 Å². The number of para-hydroxylation sites is 2. The van der Waals surface area contributed by atoms with Crippen molar-refractivity contribution in [1.29, 1.82) is 0 Å². The van der Waals surface area contributed by atoms with E-state index in [0.29, 0.717) is 22.1 Å². The van der Waals surface area contributed by atoms with Gasteiger partial charge in [-0.05, 0) is 24.3 Å². The van der Waals surface area contributed by atoms with Crippen molar-refractivity contribution in [3.63, 3.8) is 0 Å². The van der Waals surface area contributed by atoms with Gasteiger partial charge < -0.3 is 4.74 Å². The molecule has 0 aliphatic rings. The summed E-state index contributed by atoms with van der Waals surface area (Å²) in [6.45, 7) is 0. The Kier molecular flexibility index (Phi) is 3.71. The third-order valence-electron chi connectivity index (χ3n) is 2.17. The van der Waals surface area contributed by atoms with E-state index in [2.05, 4.69) is 12.6 Å². The van der Waals surface area contributed by atoms with Crippen LogP contribution in [0, 0.1) is 0 Å². The maximum absolute atomic E-state index is 11.3. The molecule has 0 N–H and O–H groups in total. The lowest BCUT2D eigenvalue weighted by Crippen LogP contribution is -1.94. The van der Waals surface area contributed by atoms with E-state index in [0.717, 1.165) is 0 Å². The number of benzene rings is 2. The molecule has 0 bridgehead atoms. The van der Waals surface area contributed by atoms with Gasteiger partial charge in [-0.15, -0.1) is 12.6 Å². The van der Waals surface area contributed by atoms with Gasteiger partial charge in [0.25, 0.3) is 0 Å². The third kappa shape index (κ3) is 2.81. The van der Waals surface area contributed by atoms with E-state index in [1.54, 1.807) is 36.4 Å². The Bertz CT molecular complexity index is 555. The maximum atomic E-state index is 11.3. The summed E-state index contributed by atoms with van der Waals surface area (Å²) in [5.74, 6) is 0.955. The van der Waals surface area contributed by atoms with Crippen molar-refractivity contribution in [2.45, 2.75) is 0 Å². The Morgan fingerprint density at radius 1 is 1.00 bits per heavy atom. The summed E-state index contributed by atoms with van der Waals surface area (Å²) >= 11 is 9.77. The van der Waals surface area contributed by atoms with Crippen molar-refractivity contribution < 1.29 is 9.53 Å². The standard InChI is InChI=1S/C13H9ClO2S/c14-10-6-2-4-8-12(10)16-11-7-3-1-5-9(11)13(15)17/h1-8H,(H,15,17). The molecule has 2 rings (SSSR count).